The lowest BCUT2D eigenvalue weighted by atomic mass is 9.86. The Morgan fingerprint density at radius 3 is 2.71 bits per heavy atom. The molecule has 1 unspecified atom stereocenters. The summed E-state index contributed by atoms with van der Waals surface area (Å²) < 4.78 is 5.80. The van der Waals surface area contributed by atoms with Gasteiger partial charge in [0.2, 0.25) is 5.91 Å². The van der Waals surface area contributed by atoms with E-state index in [9.17, 15) is 4.79 Å². The summed E-state index contributed by atoms with van der Waals surface area (Å²) in [7, 11) is 0. The van der Waals surface area contributed by atoms with Crippen LogP contribution in [-0.2, 0) is 4.79 Å². The van der Waals surface area contributed by atoms with E-state index < -0.39 is 0 Å². The van der Waals surface area contributed by atoms with Crippen molar-refractivity contribution in [3.63, 3.8) is 0 Å². The summed E-state index contributed by atoms with van der Waals surface area (Å²) in [6, 6.07) is 10.0. The lowest BCUT2D eigenvalue weighted by Crippen LogP contribution is -2.37. The van der Waals surface area contributed by atoms with Gasteiger partial charge in [-0.2, -0.15) is 0 Å². The van der Waals surface area contributed by atoms with Crippen molar-refractivity contribution in [1.29, 1.82) is 0 Å². The van der Waals surface area contributed by atoms with Crippen molar-refractivity contribution in [1.82, 2.24) is 5.32 Å². The number of nitrogens with one attached hydrogen (secondary N) is 1. The summed E-state index contributed by atoms with van der Waals surface area (Å²) in [6.45, 7) is 1.96. The topological polar surface area (TPSA) is 68.3 Å². The van der Waals surface area contributed by atoms with E-state index in [-0.39, 0.29) is 23.9 Å². The van der Waals surface area contributed by atoms with Crippen LogP contribution in [0.4, 0.5) is 0 Å². The maximum absolute atomic E-state index is 12.3. The number of para-hydroxylation sites is 1. The maximum Gasteiger partial charge on any atom is 0.223 e. The zero-order valence-corrected chi connectivity index (χ0v) is 12.3. The van der Waals surface area contributed by atoms with E-state index in [1.165, 1.54) is 0 Å². The standard InChI is InChI=1S/C17H22N2O2/c1-11(16-10-13-4-2-3-5-15(13)21-16)19-17(20)12-6-8-14(18)9-7-12/h2-5,10-12,14H,6-9,18H2,1H3,(H,19,20). The van der Waals surface area contributed by atoms with Crippen LogP contribution in [0.25, 0.3) is 11.0 Å². The predicted molar refractivity (Wildman–Crippen MR) is 82.7 cm³/mol. The second kappa shape index (κ2) is 5.90. The molecule has 0 aliphatic heterocycles. The van der Waals surface area contributed by atoms with E-state index in [4.69, 9.17) is 10.2 Å². The van der Waals surface area contributed by atoms with E-state index in [0.29, 0.717) is 0 Å². The number of furan rings is 1. The van der Waals surface area contributed by atoms with Gasteiger partial charge in [0.25, 0.3) is 0 Å². The Balaban J connectivity index is 1.65. The molecule has 1 aliphatic carbocycles. The number of amides is 1. The van der Waals surface area contributed by atoms with Gasteiger partial charge >= 0.3 is 0 Å². The third-order valence-electron chi connectivity index (χ3n) is 4.37. The quantitative estimate of drug-likeness (QED) is 0.911. The van der Waals surface area contributed by atoms with Crippen LogP contribution in [0.15, 0.2) is 34.7 Å². The molecule has 0 spiro atoms. The summed E-state index contributed by atoms with van der Waals surface area (Å²) in [4.78, 5) is 12.3. The van der Waals surface area contributed by atoms with Crippen LogP contribution in [0.2, 0.25) is 0 Å². The first kappa shape index (κ1) is 14.1. The highest BCUT2D eigenvalue weighted by Crippen LogP contribution is 2.26. The molecule has 3 rings (SSSR count). The van der Waals surface area contributed by atoms with Crippen molar-refractivity contribution in [2.45, 2.75) is 44.7 Å². The first-order valence-electron chi connectivity index (χ1n) is 7.68. The second-order valence-electron chi connectivity index (χ2n) is 6.03. The molecule has 3 N–H and O–H groups in total. The first-order chi connectivity index (χ1) is 10.1. The molecule has 1 saturated carbocycles. The monoisotopic (exact) mass is 286 g/mol. The molecule has 0 saturated heterocycles. The summed E-state index contributed by atoms with van der Waals surface area (Å²) >= 11 is 0. The Bertz CT molecular complexity index is 594. The van der Waals surface area contributed by atoms with Crippen molar-refractivity contribution in [2.75, 3.05) is 0 Å². The average Bonchev–Trinajstić information content (AvgIpc) is 2.92. The first-order valence-corrected chi connectivity index (χ1v) is 7.68. The normalized spacial score (nSPS) is 23.9. The van der Waals surface area contributed by atoms with Gasteiger partial charge in [-0.1, -0.05) is 18.2 Å². The van der Waals surface area contributed by atoms with Crippen LogP contribution in [-0.4, -0.2) is 11.9 Å². The highest BCUT2D eigenvalue weighted by molar-refractivity contribution is 5.80. The highest BCUT2D eigenvalue weighted by atomic mass is 16.3. The number of carbonyl (C=O) groups is 1. The Hall–Kier alpha value is -1.81. The van der Waals surface area contributed by atoms with Gasteiger partial charge in [-0.05, 0) is 44.7 Å². The minimum absolute atomic E-state index is 0.0941. The summed E-state index contributed by atoms with van der Waals surface area (Å²) in [6.07, 6.45) is 3.66. The number of hydrogen-bond acceptors (Lipinski definition) is 3. The molecule has 0 bridgehead atoms. The molecule has 1 aromatic carbocycles. The van der Waals surface area contributed by atoms with Crippen molar-refractivity contribution >= 4 is 16.9 Å². The summed E-state index contributed by atoms with van der Waals surface area (Å²) in [5, 5.41) is 4.14. The van der Waals surface area contributed by atoms with Crippen LogP contribution in [0.1, 0.15) is 44.4 Å². The molecule has 4 nitrogen and oxygen atoms in total. The fourth-order valence-electron chi connectivity index (χ4n) is 3.00. The Morgan fingerprint density at radius 1 is 1.29 bits per heavy atom. The third-order valence-corrected chi connectivity index (χ3v) is 4.37. The molecular formula is C17H22N2O2. The number of benzene rings is 1. The van der Waals surface area contributed by atoms with Gasteiger partial charge in [-0.25, -0.2) is 0 Å². The van der Waals surface area contributed by atoms with Crippen LogP contribution in [0.3, 0.4) is 0 Å². The molecule has 21 heavy (non-hydrogen) atoms. The van der Waals surface area contributed by atoms with Gasteiger partial charge in [0.05, 0.1) is 6.04 Å². The summed E-state index contributed by atoms with van der Waals surface area (Å²) in [5.41, 5.74) is 6.74. The van der Waals surface area contributed by atoms with Crippen molar-refractivity contribution in [3.05, 3.63) is 36.1 Å². The van der Waals surface area contributed by atoms with E-state index >= 15 is 0 Å². The molecule has 2 aromatic rings. The van der Waals surface area contributed by atoms with Crippen LogP contribution < -0.4 is 11.1 Å². The zero-order chi connectivity index (χ0) is 14.8. The van der Waals surface area contributed by atoms with Gasteiger partial charge in [0, 0.05) is 17.3 Å². The molecular weight excluding hydrogens is 264 g/mol. The highest BCUT2D eigenvalue weighted by Gasteiger charge is 2.26. The van der Waals surface area contributed by atoms with E-state index in [1.54, 1.807) is 0 Å². The van der Waals surface area contributed by atoms with Crippen LogP contribution in [0, 0.1) is 5.92 Å². The minimum Gasteiger partial charge on any atom is -0.459 e. The fraction of sp³-hybridized carbons (Fsp3) is 0.471. The maximum atomic E-state index is 12.3. The number of nitrogens with two attached hydrogens (primary N) is 1. The lowest BCUT2D eigenvalue weighted by molar-refractivity contribution is -0.126. The number of carbonyl (C=O) groups excluding carboxylic acids is 1. The van der Waals surface area contributed by atoms with E-state index in [2.05, 4.69) is 5.32 Å². The lowest BCUT2D eigenvalue weighted by Gasteiger charge is -2.26. The molecule has 4 heteroatoms. The van der Waals surface area contributed by atoms with E-state index in [0.717, 1.165) is 42.4 Å². The van der Waals surface area contributed by atoms with Crippen molar-refractivity contribution in [2.24, 2.45) is 11.7 Å². The molecule has 1 fully saturated rings. The van der Waals surface area contributed by atoms with Gasteiger partial charge < -0.3 is 15.5 Å². The molecule has 112 valence electrons. The third kappa shape index (κ3) is 3.10. The van der Waals surface area contributed by atoms with Crippen molar-refractivity contribution < 1.29 is 9.21 Å². The van der Waals surface area contributed by atoms with Crippen LogP contribution >= 0.6 is 0 Å². The average molecular weight is 286 g/mol. The molecule has 1 heterocycles. The van der Waals surface area contributed by atoms with Gasteiger partial charge in [0.1, 0.15) is 11.3 Å². The van der Waals surface area contributed by atoms with Crippen LogP contribution in [0.5, 0.6) is 0 Å². The second-order valence-corrected chi connectivity index (χ2v) is 6.03. The Kier molecular flexibility index (Phi) is 3.97. The molecule has 1 aromatic heterocycles. The van der Waals surface area contributed by atoms with Gasteiger partial charge in [-0.3, -0.25) is 4.79 Å². The fourth-order valence-corrected chi connectivity index (χ4v) is 3.00. The molecule has 0 radical (unpaired) electrons. The Labute approximate surface area is 124 Å². The predicted octanol–water partition coefficient (Wildman–Crippen LogP) is 3.13. The number of fused-ring (bicyclic) bond motifs is 1. The van der Waals surface area contributed by atoms with E-state index in [1.807, 2.05) is 37.3 Å². The smallest absolute Gasteiger partial charge is 0.223 e. The number of hydrogen-bond donors (Lipinski definition) is 2. The minimum atomic E-state index is -0.111. The zero-order valence-electron chi connectivity index (χ0n) is 12.3. The van der Waals surface area contributed by atoms with Gasteiger partial charge in [0.15, 0.2) is 0 Å². The van der Waals surface area contributed by atoms with Gasteiger partial charge in [-0.15, -0.1) is 0 Å². The largest absolute Gasteiger partial charge is 0.459 e. The Morgan fingerprint density at radius 2 is 2.00 bits per heavy atom. The molecule has 1 atom stereocenters. The summed E-state index contributed by atoms with van der Waals surface area (Å²) in [5.74, 6) is 1.02. The van der Waals surface area contributed by atoms with Crippen molar-refractivity contribution in [3.8, 4) is 0 Å². The SMILES string of the molecule is CC(NC(=O)C1CCC(N)CC1)c1cc2ccccc2o1. The number of rotatable bonds is 3. The molecule has 1 aliphatic rings. The molecule has 1 amide bonds.